The molecule has 0 aliphatic heterocycles. The smallest absolute Gasteiger partial charge is 0.150 e. The Hall–Kier alpha value is -2.39. The molecule has 3 heteroatoms. The van der Waals surface area contributed by atoms with Crippen molar-refractivity contribution in [2.45, 2.75) is 26.2 Å². The standard InChI is InChI=1S/C23H22BrNO/c1-23(2,3)18-6-12-21(13-7-18)25(22-14-8-19(24)9-15-22)20-10-4-17(16-26)5-11-20/h4-16H,1-3H3. The van der Waals surface area contributed by atoms with Gasteiger partial charge in [-0.1, -0.05) is 48.8 Å². The predicted octanol–water partition coefficient (Wildman–Crippen LogP) is 7.03. The van der Waals surface area contributed by atoms with Crippen molar-refractivity contribution in [1.29, 1.82) is 0 Å². The molecule has 0 N–H and O–H groups in total. The van der Waals surface area contributed by atoms with Crippen molar-refractivity contribution in [2.75, 3.05) is 4.90 Å². The molecule has 26 heavy (non-hydrogen) atoms. The molecule has 0 unspecified atom stereocenters. The number of rotatable bonds is 4. The number of benzene rings is 3. The van der Waals surface area contributed by atoms with Gasteiger partial charge in [0.1, 0.15) is 6.29 Å². The second-order valence-corrected chi connectivity index (χ2v) is 8.23. The normalized spacial score (nSPS) is 11.2. The van der Waals surface area contributed by atoms with Crippen LogP contribution in [-0.4, -0.2) is 6.29 Å². The molecule has 2 nitrogen and oxygen atoms in total. The van der Waals surface area contributed by atoms with E-state index in [9.17, 15) is 4.79 Å². The Morgan fingerprint density at radius 3 is 1.58 bits per heavy atom. The molecule has 0 spiro atoms. The van der Waals surface area contributed by atoms with Gasteiger partial charge in [0.15, 0.2) is 0 Å². The van der Waals surface area contributed by atoms with Crippen molar-refractivity contribution in [3.05, 3.63) is 88.4 Å². The largest absolute Gasteiger partial charge is 0.311 e. The van der Waals surface area contributed by atoms with Gasteiger partial charge in [0.2, 0.25) is 0 Å². The summed E-state index contributed by atoms with van der Waals surface area (Å²) in [5.41, 5.74) is 5.25. The molecular formula is C23H22BrNO. The number of carbonyl (C=O) groups excluding carboxylic acids is 1. The SMILES string of the molecule is CC(C)(C)c1ccc(N(c2ccc(Br)cc2)c2ccc(C=O)cc2)cc1. The number of hydrogen-bond donors (Lipinski definition) is 0. The second kappa shape index (κ2) is 7.46. The molecule has 0 fully saturated rings. The lowest BCUT2D eigenvalue weighted by Gasteiger charge is -2.27. The van der Waals surface area contributed by atoms with Gasteiger partial charge in [0.25, 0.3) is 0 Å². The second-order valence-electron chi connectivity index (χ2n) is 7.32. The number of halogens is 1. The maximum Gasteiger partial charge on any atom is 0.150 e. The molecule has 0 aromatic heterocycles. The third kappa shape index (κ3) is 4.05. The molecule has 0 heterocycles. The van der Waals surface area contributed by atoms with E-state index in [2.05, 4.69) is 78.0 Å². The van der Waals surface area contributed by atoms with Crippen LogP contribution in [0, 0.1) is 0 Å². The lowest BCUT2D eigenvalue weighted by atomic mass is 9.87. The van der Waals surface area contributed by atoms with E-state index in [0.717, 1.165) is 27.8 Å². The zero-order chi connectivity index (χ0) is 18.7. The van der Waals surface area contributed by atoms with Crippen molar-refractivity contribution < 1.29 is 4.79 Å². The highest BCUT2D eigenvalue weighted by atomic mass is 79.9. The minimum absolute atomic E-state index is 0.118. The summed E-state index contributed by atoms with van der Waals surface area (Å²) in [6.45, 7) is 6.64. The number of hydrogen-bond acceptors (Lipinski definition) is 2. The van der Waals surface area contributed by atoms with E-state index in [4.69, 9.17) is 0 Å². The van der Waals surface area contributed by atoms with E-state index in [1.807, 2.05) is 36.4 Å². The first kappa shape index (κ1) is 18.4. The van der Waals surface area contributed by atoms with E-state index in [-0.39, 0.29) is 5.41 Å². The third-order valence-electron chi connectivity index (χ3n) is 4.36. The van der Waals surface area contributed by atoms with E-state index < -0.39 is 0 Å². The topological polar surface area (TPSA) is 20.3 Å². The minimum atomic E-state index is 0.118. The molecule has 0 aliphatic carbocycles. The van der Waals surface area contributed by atoms with Crippen LogP contribution in [0.4, 0.5) is 17.1 Å². The van der Waals surface area contributed by atoms with Gasteiger partial charge in [-0.25, -0.2) is 0 Å². The average Bonchev–Trinajstić information content (AvgIpc) is 2.64. The van der Waals surface area contributed by atoms with Crippen molar-refractivity contribution in [3.63, 3.8) is 0 Å². The molecule has 0 saturated heterocycles. The maximum absolute atomic E-state index is 11.0. The zero-order valence-corrected chi connectivity index (χ0v) is 16.8. The highest BCUT2D eigenvalue weighted by molar-refractivity contribution is 9.10. The fraction of sp³-hybridized carbons (Fsp3) is 0.174. The van der Waals surface area contributed by atoms with Crippen LogP contribution in [0.25, 0.3) is 0 Å². The van der Waals surface area contributed by atoms with Crippen molar-refractivity contribution in [2.24, 2.45) is 0 Å². The lowest BCUT2D eigenvalue weighted by molar-refractivity contribution is 0.112. The Balaban J connectivity index is 2.07. The molecule has 3 rings (SSSR count). The molecule has 0 aliphatic rings. The number of aldehydes is 1. The van der Waals surface area contributed by atoms with Gasteiger partial charge >= 0.3 is 0 Å². The van der Waals surface area contributed by atoms with Gasteiger partial charge in [-0.05, 0) is 71.6 Å². The number of anilines is 3. The molecule has 0 saturated carbocycles. The van der Waals surface area contributed by atoms with Crippen molar-refractivity contribution in [3.8, 4) is 0 Å². The molecule has 0 atom stereocenters. The van der Waals surface area contributed by atoms with Crippen molar-refractivity contribution in [1.82, 2.24) is 0 Å². The van der Waals surface area contributed by atoms with Crippen LogP contribution in [0.2, 0.25) is 0 Å². The summed E-state index contributed by atoms with van der Waals surface area (Å²) in [5, 5.41) is 0. The van der Waals surface area contributed by atoms with Gasteiger partial charge in [-0.2, -0.15) is 0 Å². The van der Waals surface area contributed by atoms with E-state index in [1.54, 1.807) is 0 Å². The van der Waals surface area contributed by atoms with Crippen LogP contribution in [0.3, 0.4) is 0 Å². The number of carbonyl (C=O) groups is 1. The highest BCUT2D eigenvalue weighted by Gasteiger charge is 2.16. The fourth-order valence-electron chi connectivity index (χ4n) is 2.85. The Morgan fingerprint density at radius 2 is 1.15 bits per heavy atom. The molecule has 3 aromatic carbocycles. The van der Waals surface area contributed by atoms with E-state index in [1.165, 1.54) is 5.56 Å². The molecule has 0 amide bonds. The maximum atomic E-state index is 11.0. The lowest BCUT2D eigenvalue weighted by Crippen LogP contribution is -2.13. The van der Waals surface area contributed by atoms with Crippen LogP contribution < -0.4 is 4.90 Å². The Labute approximate surface area is 163 Å². The number of nitrogens with zero attached hydrogens (tertiary/aromatic N) is 1. The summed E-state index contributed by atoms with van der Waals surface area (Å²) >= 11 is 3.50. The summed E-state index contributed by atoms with van der Waals surface area (Å²) in [6.07, 6.45) is 0.867. The van der Waals surface area contributed by atoms with Crippen LogP contribution >= 0.6 is 15.9 Å². The third-order valence-corrected chi connectivity index (χ3v) is 4.89. The Kier molecular flexibility index (Phi) is 5.28. The van der Waals surface area contributed by atoms with Gasteiger partial charge in [-0.3, -0.25) is 4.79 Å². The predicted molar refractivity (Wildman–Crippen MR) is 113 cm³/mol. The molecule has 0 radical (unpaired) electrons. The Bertz CT molecular complexity index is 875. The molecular weight excluding hydrogens is 386 g/mol. The van der Waals surface area contributed by atoms with Crippen LogP contribution in [0.5, 0.6) is 0 Å². The fourth-order valence-corrected chi connectivity index (χ4v) is 3.11. The zero-order valence-electron chi connectivity index (χ0n) is 15.2. The van der Waals surface area contributed by atoms with Crippen LogP contribution in [0.1, 0.15) is 36.7 Å². The van der Waals surface area contributed by atoms with Crippen molar-refractivity contribution >= 4 is 39.3 Å². The first-order chi connectivity index (χ1) is 12.4. The molecule has 132 valence electrons. The Morgan fingerprint density at radius 1 is 0.731 bits per heavy atom. The molecule has 3 aromatic rings. The van der Waals surface area contributed by atoms with Crippen LogP contribution in [-0.2, 0) is 5.41 Å². The van der Waals surface area contributed by atoms with Gasteiger partial charge in [0, 0.05) is 27.1 Å². The average molecular weight is 408 g/mol. The summed E-state index contributed by atoms with van der Waals surface area (Å²) in [5.74, 6) is 0. The highest BCUT2D eigenvalue weighted by Crippen LogP contribution is 2.36. The minimum Gasteiger partial charge on any atom is -0.311 e. The monoisotopic (exact) mass is 407 g/mol. The van der Waals surface area contributed by atoms with Crippen LogP contribution in [0.15, 0.2) is 77.3 Å². The van der Waals surface area contributed by atoms with E-state index in [0.29, 0.717) is 5.56 Å². The summed E-state index contributed by atoms with van der Waals surface area (Å²) in [6, 6.07) is 24.5. The van der Waals surface area contributed by atoms with Gasteiger partial charge in [0.05, 0.1) is 0 Å². The summed E-state index contributed by atoms with van der Waals surface area (Å²) in [4.78, 5) is 13.2. The first-order valence-electron chi connectivity index (χ1n) is 8.60. The van der Waals surface area contributed by atoms with Gasteiger partial charge < -0.3 is 4.90 Å². The van der Waals surface area contributed by atoms with Gasteiger partial charge in [-0.15, -0.1) is 0 Å². The first-order valence-corrected chi connectivity index (χ1v) is 9.39. The van der Waals surface area contributed by atoms with E-state index >= 15 is 0 Å². The molecule has 0 bridgehead atoms. The summed E-state index contributed by atoms with van der Waals surface area (Å²) in [7, 11) is 0. The quantitative estimate of drug-likeness (QED) is 0.432. The summed E-state index contributed by atoms with van der Waals surface area (Å²) < 4.78 is 1.04.